The maximum Gasteiger partial charge on any atom is 0.255 e. The molecule has 120 valence electrons. The number of benzene rings is 2. The normalized spacial score (nSPS) is 14.6. The zero-order valence-corrected chi connectivity index (χ0v) is 13.0. The van der Waals surface area contributed by atoms with Gasteiger partial charge in [0, 0.05) is 30.0 Å². The maximum absolute atomic E-state index is 13.3. The van der Waals surface area contributed by atoms with E-state index in [2.05, 4.69) is 10.2 Å². The van der Waals surface area contributed by atoms with Crippen LogP contribution in [0.5, 0.6) is 0 Å². The Balaban J connectivity index is 1.80. The number of anilines is 2. The van der Waals surface area contributed by atoms with Crippen molar-refractivity contribution in [3.8, 4) is 0 Å². The van der Waals surface area contributed by atoms with E-state index in [1.807, 2.05) is 25.1 Å². The van der Waals surface area contributed by atoms with Crippen molar-refractivity contribution >= 4 is 17.3 Å². The van der Waals surface area contributed by atoms with Gasteiger partial charge in [-0.2, -0.15) is 0 Å². The van der Waals surface area contributed by atoms with Crippen LogP contribution in [0.15, 0.2) is 42.5 Å². The van der Waals surface area contributed by atoms with Crippen LogP contribution in [0.4, 0.5) is 15.8 Å². The Morgan fingerprint density at radius 1 is 1.17 bits per heavy atom. The first-order valence-electron chi connectivity index (χ1n) is 7.64. The molecule has 23 heavy (non-hydrogen) atoms. The largest absolute Gasteiger partial charge is 0.378 e. The van der Waals surface area contributed by atoms with Gasteiger partial charge in [0.2, 0.25) is 0 Å². The summed E-state index contributed by atoms with van der Waals surface area (Å²) in [5, 5.41) is 2.87. The number of morpholine rings is 1. The molecular formula is C18H19FN2O2. The molecule has 2 aromatic rings. The van der Waals surface area contributed by atoms with E-state index < -0.39 is 5.82 Å². The average Bonchev–Trinajstić information content (AvgIpc) is 2.57. The average molecular weight is 314 g/mol. The summed E-state index contributed by atoms with van der Waals surface area (Å²) in [6.45, 7) is 5.02. The number of nitrogens with one attached hydrogen (secondary N) is 1. The SMILES string of the molecule is Cc1ccc(N2CCOCC2)cc1NC(=O)c1cccc(F)c1. The summed E-state index contributed by atoms with van der Waals surface area (Å²) in [5.74, 6) is -0.733. The van der Waals surface area contributed by atoms with Gasteiger partial charge in [-0.15, -0.1) is 0 Å². The van der Waals surface area contributed by atoms with Crippen LogP contribution in [0.3, 0.4) is 0 Å². The summed E-state index contributed by atoms with van der Waals surface area (Å²) in [7, 11) is 0. The minimum absolute atomic E-state index is 0.307. The molecular weight excluding hydrogens is 295 g/mol. The van der Waals surface area contributed by atoms with Crippen molar-refractivity contribution in [1.82, 2.24) is 0 Å². The number of hydrogen-bond acceptors (Lipinski definition) is 3. The van der Waals surface area contributed by atoms with E-state index in [-0.39, 0.29) is 5.91 Å². The minimum atomic E-state index is -0.420. The zero-order chi connectivity index (χ0) is 16.2. The molecule has 0 bridgehead atoms. The predicted molar refractivity (Wildman–Crippen MR) is 88.6 cm³/mol. The highest BCUT2D eigenvalue weighted by molar-refractivity contribution is 6.04. The highest BCUT2D eigenvalue weighted by atomic mass is 19.1. The van der Waals surface area contributed by atoms with E-state index in [1.165, 1.54) is 18.2 Å². The second-order valence-corrected chi connectivity index (χ2v) is 5.56. The Kier molecular flexibility index (Phi) is 4.57. The van der Waals surface area contributed by atoms with Crippen LogP contribution in [0.2, 0.25) is 0 Å². The summed E-state index contributed by atoms with van der Waals surface area (Å²) in [6, 6.07) is 11.7. The number of amides is 1. The van der Waals surface area contributed by atoms with E-state index in [0.717, 1.165) is 30.0 Å². The van der Waals surface area contributed by atoms with E-state index >= 15 is 0 Å². The summed E-state index contributed by atoms with van der Waals surface area (Å²) < 4.78 is 18.6. The van der Waals surface area contributed by atoms with E-state index in [9.17, 15) is 9.18 Å². The van der Waals surface area contributed by atoms with Crippen molar-refractivity contribution < 1.29 is 13.9 Å². The highest BCUT2D eigenvalue weighted by Gasteiger charge is 2.14. The monoisotopic (exact) mass is 314 g/mol. The van der Waals surface area contributed by atoms with Gasteiger partial charge in [-0.25, -0.2) is 4.39 Å². The number of carbonyl (C=O) groups is 1. The summed E-state index contributed by atoms with van der Waals surface area (Å²) >= 11 is 0. The molecule has 0 saturated carbocycles. The first-order chi connectivity index (χ1) is 11.1. The van der Waals surface area contributed by atoms with E-state index in [0.29, 0.717) is 18.8 Å². The van der Waals surface area contributed by atoms with Gasteiger partial charge in [0.1, 0.15) is 5.82 Å². The molecule has 1 amide bonds. The summed E-state index contributed by atoms with van der Waals surface area (Å²) in [4.78, 5) is 14.5. The topological polar surface area (TPSA) is 41.6 Å². The van der Waals surface area contributed by atoms with Gasteiger partial charge in [0.15, 0.2) is 0 Å². The fraction of sp³-hybridized carbons (Fsp3) is 0.278. The van der Waals surface area contributed by atoms with Crippen molar-refractivity contribution in [2.75, 3.05) is 36.5 Å². The molecule has 0 aromatic heterocycles. The number of halogens is 1. The predicted octanol–water partition coefficient (Wildman–Crippen LogP) is 3.22. The van der Waals surface area contributed by atoms with Gasteiger partial charge < -0.3 is 15.0 Å². The molecule has 3 rings (SSSR count). The molecule has 0 radical (unpaired) electrons. The van der Waals surface area contributed by atoms with Crippen LogP contribution in [0, 0.1) is 12.7 Å². The number of nitrogens with zero attached hydrogens (tertiary/aromatic N) is 1. The third kappa shape index (κ3) is 3.68. The molecule has 0 spiro atoms. The molecule has 1 aliphatic heterocycles. The minimum Gasteiger partial charge on any atom is -0.378 e. The van der Waals surface area contributed by atoms with Crippen molar-refractivity contribution in [1.29, 1.82) is 0 Å². The number of aryl methyl sites for hydroxylation is 1. The molecule has 1 saturated heterocycles. The molecule has 1 aliphatic rings. The highest BCUT2D eigenvalue weighted by Crippen LogP contribution is 2.24. The van der Waals surface area contributed by atoms with Gasteiger partial charge >= 0.3 is 0 Å². The van der Waals surface area contributed by atoms with Crippen LogP contribution in [-0.4, -0.2) is 32.2 Å². The Labute approximate surface area is 134 Å². The second kappa shape index (κ2) is 6.79. The molecule has 0 atom stereocenters. The number of hydrogen-bond donors (Lipinski definition) is 1. The van der Waals surface area contributed by atoms with Crippen LogP contribution in [0.25, 0.3) is 0 Å². The van der Waals surface area contributed by atoms with Crippen molar-refractivity contribution in [3.63, 3.8) is 0 Å². The Morgan fingerprint density at radius 3 is 2.70 bits per heavy atom. The number of ether oxygens (including phenoxy) is 1. The third-order valence-electron chi connectivity index (χ3n) is 3.93. The van der Waals surface area contributed by atoms with Gasteiger partial charge in [0.25, 0.3) is 5.91 Å². The molecule has 1 N–H and O–H groups in total. The van der Waals surface area contributed by atoms with Crippen molar-refractivity contribution in [2.24, 2.45) is 0 Å². The van der Waals surface area contributed by atoms with Crippen molar-refractivity contribution in [3.05, 3.63) is 59.4 Å². The molecule has 0 unspecified atom stereocenters. The smallest absolute Gasteiger partial charge is 0.255 e. The zero-order valence-electron chi connectivity index (χ0n) is 13.0. The summed E-state index contributed by atoms with van der Waals surface area (Å²) in [6.07, 6.45) is 0. The lowest BCUT2D eigenvalue weighted by Crippen LogP contribution is -2.36. The van der Waals surface area contributed by atoms with Crippen LogP contribution < -0.4 is 10.2 Å². The lowest BCUT2D eigenvalue weighted by atomic mass is 10.1. The molecule has 4 nitrogen and oxygen atoms in total. The molecule has 0 aliphatic carbocycles. The first-order valence-corrected chi connectivity index (χ1v) is 7.64. The van der Waals surface area contributed by atoms with Gasteiger partial charge in [-0.05, 0) is 42.8 Å². The Bertz CT molecular complexity index is 712. The lowest BCUT2D eigenvalue weighted by Gasteiger charge is -2.29. The summed E-state index contributed by atoms with van der Waals surface area (Å²) in [5.41, 5.74) is 3.06. The van der Waals surface area contributed by atoms with Gasteiger partial charge in [0.05, 0.1) is 13.2 Å². The van der Waals surface area contributed by atoms with Crippen LogP contribution in [0.1, 0.15) is 15.9 Å². The van der Waals surface area contributed by atoms with E-state index in [1.54, 1.807) is 6.07 Å². The molecule has 1 fully saturated rings. The van der Waals surface area contributed by atoms with Gasteiger partial charge in [-0.1, -0.05) is 12.1 Å². The third-order valence-corrected chi connectivity index (χ3v) is 3.93. The maximum atomic E-state index is 13.3. The lowest BCUT2D eigenvalue weighted by molar-refractivity contribution is 0.102. The first kappa shape index (κ1) is 15.5. The standard InChI is InChI=1S/C18H19FN2O2/c1-13-5-6-16(21-7-9-23-10-8-21)12-17(13)20-18(22)14-3-2-4-15(19)11-14/h2-6,11-12H,7-10H2,1H3,(H,20,22). The number of carbonyl (C=O) groups excluding carboxylic acids is 1. The van der Waals surface area contributed by atoms with Crippen LogP contribution >= 0.6 is 0 Å². The molecule has 1 heterocycles. The van der Waals surface area contributed by atoms with E-state index in [4.69, 9.17) is 4.74 Å². The quantitative estimate of drug-likeness (QED) is 0.946. The van der Waals surface area contributed by atoms with Gasteiger partial charge in [-0.3, -0.25) is 4.79 Å². The van der Waals surface area contributed by atoms with Crippen molar-refractivity contribution in [2.45, 2.75) is 6.92 Å². The number of rotatable bonds is 3. The fourth-order valence-electron chi connectivity index (χ4n) is 2.59. The molecule has 5 heteroatoms. The Morgan fingerprint density at radius 2 is 1.96 bits per heavy atom. The second-order valence-electron chi connectivity index (χ2n) is 5.56. The fourth-order valence-corrected chi connectivity index (χ4v) is 2.59. The Hall–Kier alpha value is -2.40. The molecule has 2 aromatic carbocycles. The van der Waals surface area contributed by atoms with Crippen LogP contribution in [-0.2, 0) is 4.74 Å².